The minimum Gasteiger partial charge on any atom is -0.494 e. The number of nitrogens with zero attached hydrogens (tertiary/aromatic N) is 1. The summed E-state index contributed by atoms with van der Waals surface area (Å²) in [5, 5.41) is 3.85. The SMILES string of the molecule is CCOC(=O)c1cc2cc(F)cc(OC)c2nc1NC1CCCC1. The van der Waals surface area contributed by atoms with Crippen molar-refractivity contribution >= 4 is 22.7 Å². The zero-order chi connectivity index (χ0) is 17.1. The van der Waals surface area contributed by atoms with Crippen molar-refractivity contribution in [1.29, 1.82) is 0 Å². The molecule has 3 rings (SSSR count). The molecule has 0 saturated heterocycles. The number of fused-ring (bicyclic) bond motifs is 1. The number of carbonyl (C=O) groups is 1. The van der Waals surface area contributed by atoms with E-state index in [0.717, 1.165) is 25.7 Å². The Labute approximate surface area is 140 Å². The van der Waals surface area contributed by atoms with E-state index in [4.69, 9.17) is 9.47 Å². The number of pyridine rings is 1. The maximum absolute atomic E-state index is 13.8. The number of halogens is 1. The molecular formula is C18H21FN2O3. The van der Waals surface area contributed by atoms with Gasteiger partial charge in [-0.25, -0.2) is 14.2 Å². The third-order valence-electron chi connectivity index (χ3n) is 4.26. The summed E-state index contributed by atoms with van der Waals surface area (Å²) in [7, 11) is 1.47. The highest BCUT2D eigenvalue weighted by atomic mass is 19.1. The standard InChI is InChI=1S/C18H21FN2O3/c1-3-24-18(22)14-9-11-8-12(19)10-15(23-2)16(11)21-17(14)20-13-6-4-5-7-13/h8-10,13H,3-7H2,1-2H3,(H,20,21). The van der Waals surface area contributed by atoms with Gasteiger partial charge in [0.25, 0.3) is 0 Å². The highest BCUT2D eigenvalue weighted by Crippen LogP contribution is 2.31. The number of ether oxygens (including phenoxy) is 2. The molecule has 0 bridgehead atoms. The van der Waals surface area contributed by atoms with E-state index in [-0.39, 0.29) is 12.6 Å². The molecule has 1 heterocycles. The number of methoxy groups -OCH3 is 1. The summed E-state index contributed by atoms with van der Waals surface area (Å²) in [5.41, 5.74) is 0.844. The summed E-state index contributed by atoms with van der Waals surface area (Å²) in [6, 6.07) is 4.53. The van der Waals surface area contributed by atoms with Crippen molar-refractivity contribution in [2.24, 2.45) is 0 Å². The molecule has 1 aliphatic rings. The molecular weight excluding hydrogens is 311 g/mol. The van der Waals surface area contributed by atoms with Crippen LogP contribution in [-0.4, -0.2) is 30.7 Å². The second kappa shape index (κ2) is 7.03. The van der Waals surface area contributed by atoms with Crippen LogP contribution in [0.5, 0.6) is 5.75 Å². The van der Waals surface area contributed by atoms with Crippen molar-refractivity contribution in [2.45, 2.75) is 38.6 Å². The van der Waals surface area contributed by atoms with Gasteiger partial charge in [-0.15, -0.1) is 0 Å². The van der Waals surface area contributed by atoms with Crippen LogP contribution in [0.1, 0.15) is 43.0 Å². The summed E-state index contributed by atoms with van der Waals surface area (Å²) in [6.07, 6.45) is 4.41. The lowest BCUT2D eigenvalue weighted by atomic mass is 10.1. The number of nitrogens with one attached hydrogen (secondary N) is 1. The molecule has 1 aromatic carbocycles. The maximum Gasteiger partial charge on any atom is 0.341 e. The second-order valence-electron chi connectivity index (χ2n) is 5.91. The molecule has 5 nitrogen and oxygen atoms in total. The molecule has 1 N–H and O–H groups in total. The zero-order valence-corrected chi connectivity index (χ0v) is 13.9. The van der Waals surface area contributed by atoms with Crippen LogP contribution in [0.25, 0.3) is 10.9 Å². The van der Waals surface area contributed by atoms with Crippen LogP contribution in [0.15, 0.2) is 18.2 Å². The van der Waals surface area contributed by atoms with E-state index in [1.807, 2.05) is 0 Å². The van der Waals surface area contributed by atoms with Crippen molar-refractivity contribution < 1.29 is 18.7 Å². The zero-order valence-electron chi connectivity index (χ0n) is 13.9. The summed E-state index contributed by atoms with van der Waals surface area (Å²) in [4.78, 5) is 16.8. The van der Waals surface area contributed by atoms with Gasteiger partial charge in [0.2, 0.25) is 0 Å². The minimum atomic E-state index is -0.462. The summed E-state index contributed by atoms with van der Waals surface area (Å²) in [6.45, 7) is 2.02. The van der Waals surface area contributed by atoms with Gasteiger partial charge >= 0.3 is 5.97 Å². The third kappa shape index (κ3) is 3.27. The lowest BCUT2D eigenvalue weighted by Gasteiger charge is -2.17. The number of hydrogen-bond donors (Lipinski definition) is 1. The Hall–Kier alpha value is -2.37. The van der Waals surface area contributed by atoms with Gasteiger partial charge in [-0.05, 0) is 31.9 Å². The van der Waals surface area contributed by atoms with Gasteiger partial charge in [0.1, 0.15) is 28.5 Å². The van der Waals surface area contributed by atoms with Gasteiger partial charge in [-0.1, -0.05) is 12.8 Å². The average molecular weight is 332 g/mol. The van der Waals surface area contributed by atoms with Gasteiger partial charge in [-0.3, -0.25) is 0 Å². The molecule has 1 saturated carbocycles. The van der Waals surface area contributed by atoms with Gasteiger partial charge in [0.05, 0.1) is 13.7 Å². The van der Waals surface area contributed by atoms with Crippen molar-refractivity contribution in [3.8, 4) is 5.75 Å². The largest absolute Gasteiger partial charge is 0.494 e. The number of benzene rings is 1. The fourth-order valence-corrected chi connectivity index (χ4v) is 3.11. The second-order valence-corrected chi connectivity index (χ2v) is 5.91. The highest BCUT2D eigenvalue weighted by Gasteiger charge is 2.22. The summed E-state index contributed by atoms with van der Waals surface area (Å²) >= 11 is 0. The number of carbonyl (C=O) groups excluding carboxylic acids is 1. The minimum absolute atomic E-state index is 0.270. The number of hydrogen-bond acceptors (Lipinski definition) is 5. The maximum atomic E-state index is 13.8. The number of aromatic nitrogens is 1. The molecule has 1 aromatic heterocycles. The Morgan fingerprint density at radius 3 is 2.75 bits per heavy atom. The van der Waals surface area contributed by atoms with Crippen molar-refractivity contribution in [2.75, 3.05) is 19.0 Å². The van der Waals surface area contributed by atoms with Gasteiger partial charge < -0.3 is 14.8 Å². The van der Waals surface area contributed by atoms with Crippen LogP contribution < -0.4 is 10.1 Å². The van der Waals surface area contributed by atoms with Crippen LogP contribution in [-0.2, 0) is 4.74 Å². The Bertz CT molecular complexity index is 758. The van der Waals surface area contributed by atoms with Crippen molar-refractivity contribution in [3.05, 3.63) is 29.6 Å². The van der Waals surface area contributed by atoms with Crippen molar-refractivity contribution in [1.82, 2.24) is 4.98 Å². The molecule has 128 valence electrons. The van der Waals surface area contributed by atoms with E-state index < -0.39 is 11.8 Å². The van der Waals surface area contributed by atoms with Gasteiger partial charge in [-0.2, -0.15) is 0 Å². The normalized spacial score (nSPS) is 14.8. The average Bonchev–Trinajstić information content (AvgIpc) is 3.07. The smallest absolute Gasteiger partial charge is 0.341 e. The molecule has 6 heteroatoms. The first kappa shape index (κ1) is 16.5. The highest BCUT2D eigenvalue weighted by molar-refractivity contribution is 6.00. The van der Waals surface area contributed by atoms with E-state index in [9.17, 15) is 9.18 Å². The number of rotatable bonds is 5. The van der Waals surface area contributed by atoms with E-state index in [1.165, 1.54) is 19.2 Å². The first-order valence-corrected chi connectivity index (χ1v) is 8.24. The topological polar surface area (TPSA) is 60.5 Å². The fraction of sp³-hybridized carbons (Fsp3) is 0.444. The molecule has 2 aromatic rings. The third-order valence-corrected chi connectivity index (χ3v) is 4.26. The van der Waals surface area contributed by atoms with Crippen LogP contribution in [0, 0.1) is 5.82 Å². The predicted molar refractivity (Wildman–Crippen MR) is 90.1 cm³/mol. The van der Waals surface area contributed by atoms with E-state index in [1.54, 1.807) is 13.0 Å². The molecule has 24 heavy (non-hydrogen) atoms. The predicted octanol–water partition coefficient (Wildman–Crippen LogP) is 3.91. The quantitative estimate of drug-likeness (QED) is 0.841. The van der Waals surface area contributed by atoms with Crippen molar-refractivity contribution in [3.63, 3.8) is 0 Å². The molecule has 1 fully saturated rings. The molecule has 0 spiro atoms. The first-order valence-electron chi connectivity index (χ1n) is 8.24. The van der Waals surface area contributed by atoms with Crippen LogP contribution in [0.4, 0.5) is 10.2 Å². The van der Waals surface area contributed by atoms with Crippen LogP contribution in [0.3, 0.4) is 0 Å². The van der Waals surface area contributed by atoms with E-state index in [0.29, 0.717) is 28.0 Å². The first-order chi connectivity index (χ1) is 11.6. The molecule has 0 aliphatic heterocycles. The molecule has 0 atom stereocenters. The van der Waals surface area contributed by atoms with Gasteiger partial charge in [0.15, 0.2) is 0 Å². The Morgan fingerprint density at radius 1 is 1.33 bits per heavy atom. The van der Waals surface area contributed by atoms with Gasteiger partial charge in [0, 0.05) is 17.5 Å². The number of anilines is 1. The molecule has 0 unspecified atom stereocenters. The molecule has 0 amide bonds. The number of esters is 1. The Morgan fingerprint density at radius 2 is 2.08 bits per heavy atom. The summed E-state index contributed by atoms with van der Waals surface area (Å²) < 4.78 is 24.1. The Balaban J connectivity index is 2.11. The summed E-state index contributed by atoms with van der Waals surface area (Å²) in [5.74, 6) is -0.0873. The van der Waals surface area contributed by atoms with E-state index in [2.05, 4.69) is 10.3 Å². The fourth-order valence-electron chi connectivity index (χ4n) is 3.11. The lowest BCUT2D eigenvalue weighted by Crippen LogP contribution is -2.19. The molecule has 0 radical (unpaired) electrons. The molecule has 1 aliphatic carbocycles. The van der Waals surface area contributed by atoms with E-state index >= 15 is 0 Å². The Kier molecular flexibility index (Phi) is 4.83. The monoisotopic (exact) mass is 332 g/mol. The van der Waals surface area contributed by atoms with Crippen LogP contribution in [0.2, 0.25) is 0 Å². The lowest BCUT2D eigenvalue weighted by molar-refractivity contribution is 0.0527. The van der Waals surface area contributed by atoms with Crippen LogP contribution >= 0.6 is 0 Å².